The van der Waals surface area contributed by atoms with Crippen molar-refractivity contribution in [2.24, 2.45) is 0 Å². The van der Waals surface area contributed by atoms with Crippen LogP contribution in [0.2, 0.25) is 5.15 Å². The average molecular weight is 222 g/mol. The molecule has 2 heterocycles. The summed E-state index contributed by atoms with van der Waals surface area (Å²) >= 11 is 5.93. The average Bonchev–Trinajstić information content (AvgIpc) is 2.25. The Labute approximate surface area is 93.5 Å². The maximum atomic E-state index is 5.93. The number of anilines is 1. The molecule has 78 valence electrons. The van der Waals surface area contributed by atoms with E-state index in [-0.39, 0.29) is 0 Å². The lowest BCUT2D eigenvalue weighted by Crippen LogP contribution is -2.01. The van der Waals surface area contributed by atoms with Crippen molar-refractivity contribution in [2.45, 2.75) is 13.3 Å². The largest absolute Gasteiger partial charge is 0.384 e. The molecule has 0 fully saturated rings. The van der Waals surface area contributed by atoms with Crippen molar-refractivity contribution < 1.29 is 0 Å². The zero-order chi connectivity index (χ0) is 10.7. The molecule has 2 aromatic heterocycles. The van der Waals surface area contributed by atoms with Crippen LogP contribution in [-0.2, 0) is 0 Å². The zero-order valence-corrected chi connectivity index (χ0v) is 9.25. The van der Waals surface area contributed by atoms with E-state index >= 15 is 0 Å². The summed E-state index contributed by atoms with van der Waals surface area (Å²) < 4.78 is 0. The number of nitrogens with zero attached hydrogens (tertiary/aromatic N) is 2. The van der Waals surface area contributed by atoms with Gasteiger partial charge in [-0.15, -0.1) is 0 Å². The summed E-state index contributed by atoms with van der Waals surface area (Å²) in [6.07, 6.45) is 4.59. The van der Waals surface area contributed by atoms with E-state index in [4.69, 9.17) is 11.6 Å². The lowest BCUT2D eigenvalue weighted by molar-refractivity contribution is 0.981. The molecule has 0 amide bonds. The monoisotopic (exact) mass is 221 g/mol. The predicted octanol–water partition coefficient (Wildman–Crippen LogP) is 3.11. The van der Waals surface area contributed by atoms with Gasteiger partial charge in [-0.3, -0.25) is 4.98 Å². The van der Waals surface area contributed by atoms with Gasteiger partial charge in [-0.05, 0) is 18.6 Å². The quantitative estimate of drug-likeness (QED) is 0.810. The topological polar surface area (TPSA) is 37.8 Å². The molecule has 4 heteroatoms. The fourth-order valence-corrected chi connectivity index (χ4v) is 1.64. The summed E-state index contributed by atoms with van der Waals surface area (Å²) in [6.45, 7) is 3.04. The Morgan fingerprint density at radius 3 is 3.13 bits per heavy atom. The van der Waals surface area contributed by atoms with Crippen molar-refractivity contribution in [2.75, 3.05) is 11.9 Å². The van der Waals surface area contributed by atoms with Crippen LogP contribution >= 0.6 is 11.6 Å². The molecule has 0 aromatic carbocycles. The zero-order valence-electron chi connectivity index (χ0n) is 8.50. The van der Waals surface area contributed by atoms with Crippen LogP contribution in [0.25, 0.3) is 10.9 Å². The standard InChI is InChI=1S/C11H12ClN3/c1-2-4-14-10-6-11(12)15-9-3-5-13-7-8(9)10/h3,5-7H,2,4H2,1H3,(H,14,15). The van der Waals surface area contributed by atoms with Gasteiger partial charge in [-0.25, -0.2) is 4.98 Å². The van der Waals surface area contributed by atoms with E-state index in [1.54, 1.807) is 12.4 Å². The highest BCUT2D eigenvalue weighted by Gasteiger charge is 2.03. The van der Waals surface area contributed by atoms with Crippen molar-refractivity contribution >= 4 is 28.2 Å². The Morgan fingerprint density at radius 1 is 1.47 bits per heavy atom. The van der Waals surface area contributed by atoms with Crippen LogP contribution in [0.4, 0.5) is 5.69 Å². The molecular formula is C11H12ClN3. The number of rotatable bonds is 3. The van der Waals surface area contributed by atoms with Crippen LogP contribution in [-0.4, -0.2) is 16.5 Å². The van der Waals surface area contributed by atoms with Crippen LogP contribution in [0.1, 0.15) is 13.3 Å². The van der Waals surface area contributed by atoms with Crippen molar-refractivity contribution in [1.29, 1.82) is 0 Å². The number of hydrogen-bond acceptors (Lipinski definition) is 3. The molecule has 2 rings (SSSR count). The molecule has 0 aliphatic heterocycles. The molecule has 15 heavy (non-hydrogen) atoms. The summed E-state index contributed by atoms with van der Waals surface area (Å²) in [7, 11) is 0. The van der Waals surface area contributed by atoms with Gasteiger partial charge in [0.25, 0.3) is 0 Å². The molecule has 1 N–H and O–H groups in total. The maximum absolute atomic E-state index is 5.93. The fourth-order valence-electron chi connectivity index (χ4n) is 1.44. The highest BCUT2D eigenvalue weighted by atomic mass is 35.5. The van der Waals surface area contributed by atoms with Gasteiger partial charge in [0, 0.05) is 30.0 Å². The second-order valence-electron chi connectivity index (χ2n) is 3.31. The fraction of sp³-hybridized carbons (Fsp3) is 0.273. The van der Waals surface area contributed by atoms with Gasteiger partial charge >= 0.3 is 0 Å². The van der Waals surface area contributed by atoms with E-state index in [9.17, 15) is 0 Å². The molecule has 0 radical (unpaired) electrons. The Bertz CT molecular complexity index is 470. The molecule has 0 spiro atoms. The number of nitrogens with one attached hydrogen (secondary N) is 1. The molecule has 0 aliphatic carbocycles. The van der Waals surface area contributed by atoms with E-state index in [1.165, 1.54) is 0 Å². The molecule has 0 aliphatic rings. The van der Waals surface area contributed by atoms with E-state index < -0.39 is 0 Å². The molecule has 0 atom stereocenters. The highest BCUT2D eigenvalue weighted by molar-refractivity contribution is 6.30. The number of fused-ring (bicyclic) bond motifs is 1. The Balaban J connectivity index is 2.50. The van der Waals surface area contributed by atoms with Gasteiger partial charge in [0.05, 0.1) is 5.52 Å². The van der Waals surface area contributed by atoms with E-state index in [1.807, 2.05) is 12.1 Å². The molecule has 0 saturated heterocycles. The SMILES string of the molecule is CCCNc1cc(Cl)nc2ccncc12. The van der Waals surface area contributed by atoms with Crippen molar-refractivity contribution in [1.82, 2.24) is 9.97 Å². The minimum Gasteiger partial charge on any atom is -0.384 e. The molecule has 0 unspecified atom stereocenters. The van der Waals surface area contributed by atoms with Gasteiger partial charge in [-0.2, -0.15) is 0 Å². The van der Waals surface area contributed by atoms with Gasteiger partial charge in [0.15, 0.2) is 0 Å². The molecule has 0 bridgehead atoms. The number of hydrogen-bond donors (Lipinski definition) is 1. The third kappa shape index (κ3) is 2.18. The first-order valence-corrected chi connectivity index (χ1v) is 5.33. The summed E-state index contributed by atoms with van der Waals surface area (Å²) in [5, 5.41) is 4.83. The van der Waals surface area contributed by atoms with Crippen molar-refractivity contribution in [3.05, 3.63) is 29.7 Å². The summed E-state index contributed by atoms with van der Waals surface area (Å²) in [4.78, 5) is 8.32. The van der Waals surface area contributed by atoms with E-state index in [0.717, 1.165) is 29.6 Å². The van der Waals surface area contributed by atoms with Crippen molar-refractivity contribution in [3.8, 4) is 0 Å². The predicted molar refractivity (Wildman–Crippen MR) is 63.3 cm³/mol. The number of aromatic nitrogens is 2. The van der Waals surface area contributed by atoms with Crippen LogP contribution in [0.15, 0.2) is 24.5 Å². The van der Waals surface area contributed by atoms with E-state index in [0.29, 0.717) is 5.15 Å². The summed E-state index contributed by atoms with van der Waals surface area (Å²) in [5.41, 5.74) is 1.87. The van der Waals surface area contributed by atoms with Gasteiger partial charge in [0.1, 0.15) is 5.15 Å². The van der Waals surface area contributed by atoms with Crippen LogP contribution in [0.5, 0.6) is 0 Å². The van der Waals surface area contributed by atoms with Gasteiger partial charge in [-0.1, -0.05) is 18.5 Å². The van der Waals surface area contributed by atoms with Crippen molar-refractivity contribution in [3.63, 3.8) is 0 Å². The Morgan fingerprint density at radius 2 is 2.33 bits per heavy atom. The van der Waals surface area contributed by atoms with Crippen LogP contribution < -0.4 is 5.32 Å². The lowest BCUT2D eigenvalue weighted by atomic mass is 10.2. The molecule has 2 aromatic rings. The minimum atomic E-state index is 0.507. The van der Waals surface area contributed by atoms with Gasteiger partial charge in [0.2, 0.25) is 0 Å². The first-order chi connectivity index (χ1) is 7.31. The molecule has 3 nitrogen and oxygen atoms in total. The third-order valence-corrected chi connectivity index (χ3v) is 2.34. The Hall–Kier alpha value is -1.35. The van der Waals surface area contributed by atoms with Gasteiger partial charge < -0.3 is 5.32 Å². The lowest BCUT2D eigenvalue weighted by Gasteiger charge is -2.08. The van der Waals surface area contributed by atoms with Crippen LogP contribution in [0, 0.1) is 0 Å². The summed E-state index contributed by atoms with van der Waals surface area (Å²) in [6, 6.07) is 3.69. The minimum absolute atomic E-state index is 0.507. The second kappa shape index (κ2) is 4.45. The third-order valence-electron chi connectivity index (χ3n) is 2.14. The molecule has 0 saturated carbocycles. The normalized spacial score (nSPS) is 10.5. The smallest absolute Gasteiger partial charge is 0.131 e. The second-order valence-corrected chi connectivity index (χ2v) is 3.70. The summed E-state index contributed by atoms with van der Waals surface area (Å²) in [5.74, 6) is 0. The number of pyridine rings is 2. The molecular weight excluding hydrogens is 210 g/mol. The first-order valence-electron chi connectivity index (χ1n) is 4.95. The number of halogens is 1. The Kier molecular flexibility index (Phi) is 3.02. The highest BCUT2D eigenvalue weighted by Crippen LogP contribution is 2.24. The van der Waals surface area contributed by atoms with Crippen LogP contribution in [0.3, 0.4) is 0 Å². The maximum Gasteiger partial charge on any atom is 0.131 e. The first kappa shape index (κ1) is 10.2. The van der Waals surface area contributed by atoms with E-state index in [2.05, 4.69) is 22.2 Å².